The van der Waals surface area contributed by atoms with E-state index >= 15 is 0 Å². The van der Waals surface area contributed by atoms with Crippen molar-refractivity contribution in [1.29, 1.82) is 0 Å². The second-order valence-electron chi connectivity index (χ2n) is 6.19. The molecule has 6 nitrogen and oxygen atoms in total. The predicted molar refractivity (Wildman–Crippen MR) is 92.9 cm³/mol. The van der Waals surface area contributed by atoms with E-state index in [2.05, 4.69) is 24.9 Å². The minimum absolute atomic E-state index is 0.276. The lowest BCUT2D eigenvalue weighted by Crippen LogP contribution is -2.46. The van der Waals surface area contributed by atoms with Gasteiger partial charge in [0.05, 0.1) is 6.54 Å². The number of hydrogen-bond acceptors (Lipinski definition) is 6. The van der Waals surface area contributed by atoms with Crippen molar-refractivity contribution < 1.29 is 8.91 Å². The van der Waals surface area contributed by atoms with Crippen LogP contribution in [0.1, 0.15) is 18.6 Å². The van der Waals surface area contributed by atoms with Crippen molar-refractivity contribution in [2.45, 2.75) is 19.9 Å². The summed E-state index contributed by atoms with van der Waals surface area (Å²) in [5.41, 5.74) is 1.47. The Kier molecular flexibility index (Phi) is 4.31. The number of para-hydroxylation sites is 1. The third-order valence-corrected chi connectivity index (χ3v) is 4.59. The van der Waals surface area contributed by atoms with Crippen LogP contribution in [0, 0.1) is 5.82 Å². The third-order valence-electron chi connectivity index (χ3n) is 4.59. The van der Waals surface area contributed by atoms with Gasteiger partial charge in [-0.05, 0) is 12.1 Å². The second-order valence-corrected chi connectivity index (χ2v) is 6.19. The molecule has 1 aliphatic rings. The predicted octanol–water partition coefficient (Wildman–Crippen LogP) is 2.64. The van der Waals surface area contributed by atoms with E-state index in [1.165, 1.54) is 6.07 Å². The highest BCUT2D eigenvalue weighted by Gasteiger charge is 2.21. The number of aryl methyl sites for hydroxylation is 1. The van der Waals surface area contributed by atoms with Gasteiger partial charge in [-0.15, -0.1) is 0 Å². The largest absolute Gasteiger partial charge is 0.368 e. The molecule has 1 aromatic carbocycles. The number of rotatable bonds is 4. The first-order chi connectivity index (χ1) is 12.2. The maximum atomic E-state index is 14.0. The van der Waals surface area contributed by atoms with Crippen molar-refractivity contribution in [3.8, 4) is 0 Å². The van der Waals surface area contributed by atoms with Crippen LogP contribution in [-0.4, -0.2) is 46.2 Å². The summed E-state index contributed by atoms with van der Waals surface area (Å²) in [5, 5.41) is 4.88. The van der Waals surface area contributed by atoms with Gasteiger partial charge in [0, 0.05) is 49.9 Å². The molecule has 25 heavy (non-hydrogen) atoms. The maximum Gasteiger partial charge on any atom is 0.226 e. The van der Waals surface area contributed by atoms with Gasteiger partial charge in [-0.1, -0.05) is 24.2 Å². The first-order valence-corrected chi connectivity index (χ1v) is 8.56. The van der Waals surface area contributed by atoms with E-state index < -0.39 is 0 Å². The van der Waals surface area contributed by atoms with Gasteiger partial charge in [0.1, 0.15) is 11.3 Å². The topological polar surface area (TPSA) is 58.3 Å². The summed E-state index contributed by atoms with van der Waals surface area (Å²) in [6, 6.07) is 7.08. The molecule has 7 heteroatoms. The Balaban J connectivity index is 1.46. The molecule has 0 spiro atoms. The third kappa shape index (κ3) is 3.19. The van der Waals surface area contributed by atoms with Crippen LogP contribution in [-0.2, 0) is 13.0 Å². The van der Waals surface area contributed by atoms with Crippen molar-refractivity contribution in [2.75, 3.05) is 31.1 Å². The molecule has 1 saturated heterocycles. The fraction of sp³-hybridized carbons (Fsp3) is 0.389. The van der Waals surface area contributed by atoms with Gasteiger partial charge >= 0.3 is 0 Å². The number of anilines is 1. The summed E-state index contributed by atoms with van der Waals surface area (Å²) < 4.78 is 19.1. The van der Waals surface area contributed by atoms with E-state index in [0.717, 1.165) is 49.5 Å². The lowest BCUT2D eigenvalue weighted by Gasteiger charge is -2.36. The first kappa shape index (κ1) is 16.0. The minimum atomic E-state index is -0.276. The number of benzene rings is 1. The Bertz CT molecular complexity index is 873. The summed E-state index contributed by atoms with van der Waals surface area (Å²) in [6.07, 6.45) is 2.44. The number of piperazine rings is 1. The van der Waals surface area contributed by atoms with E-state index in [0.29, 0.717) is 18.0 Å². The fourth-order valence-corrected chi connectivity index (χ4v) is 3.25. The first-order valence-electron chi connectivity index (χ1n) is 8.56. The number of nitrogens with zero attached hydrogens (tertiary/aromatic N) is 5. The highest BCUT2D eigenvalue weighted by molar-refractivity contribution is 5.91. The Hall–Kier alpha value is -2.54. The van der Waals surface area contributed by atoms with Gasteiger partial charge in [0.2, 0.25) is 5.89 Å². The average Bonchev–Trinajstić information content (AvgIpc) is 3.10. The van der Waals surface area contributed by atoms with Crippen LogP contribution >= 0.6 is 0 Å². The molecule has 0 bridgehead atoms. The molecule has 0 aliphatic carbocycles. The van der Waals surface area contributed by atoms with Gasteiger partial charge in [0.15, 0.2) is 5.82 Å². The number of pyridine rings is 1. The smallest absolute Gasteiger partial charge is 0.226 e. The molecule has 3 heterocycles. The zero-order chi connectivity index (χ0) is 17.2. The van der Waals surface area contributed by atoms with Crippen LogP contribution in [0.3, 0.4) is 0 Å². The highest BCUT2D eigenvalue weighted by Crippen LogP contribution is 2.27. The Morgan fingerprint density at radius 1 is 1.16 bits per heavy atom. The molecule has 4 rings (SSSR count). The molecule has 2 aromatic heterocycles. The maximum absolute atomic E-state index is 14.0. The van der Waals surface area contributed by atoms with Crippen molar-refractivity contribution in [1.82, 2.24) is 20.0 Å². The van der Waals surface area contributed by atoms with Crippen LogP contribution < -0.4 is 4.90 Å². The number of hydrogen-bond donors (Lipinski definition) is 0. The Morgan fingerprint density at radius 3 is 2.76 bits per heavy atom. The monoisotopic (exact) mass is 341 g/mol. The molecule has 3 aromatic rings. The molecule has 1 aliphatic heterocycles. The zero-order valence-electron chi connectivity index (χ0n) is 14.2. The molecule has 0 amide bonds. The van der Waals surface area contributed by atoms with Crippen LogP contribution in [0.2, 0.25) is 0 Å². The van der Waals surface area contributed by atoms with Crippen molar-refractivity contribution in [3.05, 3.63) is 48.0 Å². The van der Waals surface area contributed by atoms with Crippen LogP contribution in [0.15, 0.2) is 35.0 Å². The highest BCUT2D eigenvalue weighted by atomic mass is 19.1. The van der Waals surface area contributed by atoms with Crippen molar-refractivity contribution in [2.24, 2.45) is 0 Å². The molecule has 0 unspecified atom stereocenters. The number of halogens is 1. The Labute approximate surface area is 145 Å². The second kappa shape index (κ2) is 6.76. The lowest BCUT2D eigenvalue weighted by atomic mass is 10.1. The normalized spacial score (nSPS) is 15.8. The standard InChI is InChI=1S/C18H20FN5O/c1-2-17-21-16(22-25-17)12-23-8-10-24(11-9-23)15-6-7-20-18-13(15)4-3-5-14(18)19/h3-7H,2,8-12H2,1H3. The summed E-state index contributed by atoms with van der Waals surface area (Å²) >= 11 is 0. The van der Waals surface area contributed by atoms with E-state index in [-0.39, 0.29) is 5.82 Å². The van der Waals surface area contributed by atoms with E-state index in [1.807, 2.05) is 19.1 Å². The molecule has 0 N–H and O–H groups in total. The average molecular weight is 341 g/mol. The van der Waals surface area contributed by atoms with E-state index in [1.54, 1.807) is 12.3 Å². The summed E-state index contributed by atoms with van der Waals surface area (Å²) in [4.78, 5) is 13.1. The molecule has 130 valence electrons. The summed E-state index contributed by atoms with van der Waals surface area (Å²) in [6.45, 7) is 6.23. The van der Waals surface area contributed by atoms with Crippen LogP contribution in [0.5, 0.6) is 0 Å². The lowest BCUT2D eigenvalue weighted by molar-refractivity contribution is 0.240. The van der Waals surface area contributed by atoms with Gasteiger partial charge in [-0.3, -0.25) is 9.88 Å². The van der Waals surface area contributed by atoms with Gasteiger partial charge < -0.3 is 9.42 Å². The zero-order valence-corrected chi connectivity index (χ0v) is 14.2. The molecular weight excluding hydrogens is 321 g/mol. The van der Waals surface area contributed by atoms with E-state index in [9.17, 15) is 4.39 Å². The minimum Gasteiger partial charge on any atom is -0.368 e. The quantitative estimate of drug-likeness (QED) is 0.727. The van der Waals surface area contributed by atoms with Gasteiger partial charge in [-0.25, -0.2) is 4.39 Å². The van der Waals surface area contributed by atoms with Gasteiger partial charge in [0.25, 0.3) is 0 Å². The molecule has 1 fully saturated rings. The molecule has 0 radical (unpaired) electrons. The van der Waals surface area contributed by atoms with Crippen LogP contribution in [0.25, 0.3) is 10.9 Å². The molecule has 0 atom stereocenters. The Morgan fingerprint density at radius 2 is 2.00 bits per heavy atom. The molecular formula is C18H20FN5O. The SMILES string of the molecule is CCc1nc(CN2CCN(c3ccnc4c(F)cccc34)CC2)no1. The van der Waals surface area contributed by atoms with Crippen molar-refractivity contribution in [3.63, 3.8) is 0 Å². The number of aromatic nitrogens is 3. The summed E-state index contributed by atoms with van der Waals surface area (Å²) in [5.74, 6) is 1.14. The van der Waals surface area contributed by atoms with Gasteiger partial charge in [-0.2, -0.15) is 4.98 Å². The molecule has 0 saturated carbocycles. The van der Waals surface area contributed by atoms with Crippen molar-refractivity contribution >= 4 is 16.6 Å². The number of fused-ring (bicyclic) bond motifs is 1. The fourth-order valence-electron chi connectivity index (χ4n) is 3.25. The van der Waals surface area contributed by atoms with Crippen LogP contribution in [0.4, 0.5) is 10.1 Å². The summed E-state index contributed by atoms with van der Waals surface area (Å²) in [7, 11) is 0. The van der Waals surface area contributed by atoms with E-state index in [4.69, 9.17) is 4.52 Å².